The van der Waals surface area contributed by atoms with Crippen molar-refractivity contribution >= 4 is 27.6 Å². The van der Waals surface area contributed by atoms with E-state index in [0.29, 0.717) is 28.5 Å². The summed E-state index contributed by atoms with van der Waals surface area (Å²) in [4.78, 5) is 20.6. The highest BCUT2D eigenvalue weighted by Crippen LogP contribution is 2.20. The van der Waals surface area contributed by atoms with E-state index >= 15 is 0 Å². The van der Waals surface area contributed by atoms with Gasteiger partial charge in [0.05, 0.1) is 11.2 Å². The molecular formula is C20H18N6O4S. The topological polar surface area (TPSA) is 143 Å². The molecule has 4 aromatic rings. The number of hydrogen-bond acceptors (Lipinski definition) is 7. The lowest BCUT2D eigenvalue weighted by Gasteiger charge is -2.09. The minimum atomic E-state index is -3.88. The number of anilines is 2. The first kappa shape index (κ1) is 20.3. The number of amides is 1. The molecule has 0 unspecified atom stereocenters. The van der Waals surface area contributed by atoms with Crippen LogP contribution in [0.25, 0.3) is 11.5 Å². The Morgan fingerprint density at radius 3 is 2.39 bits per heavy atom. The molecule has 0 radical (unpaired) electrons. The first-order valence-corrected chi connectivity index (χ1v) is 10.6. The Morgan fingerprint density at radius 2 is 1.74 bits per heavy atom. The van der Waals surface area contributed by atoms with E-state index in [9.17, 15) is 13.2 Å². The fraction of sp³-hybridized carbons (Fsp3) is 0.100. The summed E-state index contributed by atoms with van der Waals surface area (Å²) < 4.78 is 32.8. The van der Waals surface area contributed by atoms with Gasteiger partial charge in [0.25, 0.3) is 15.9 Å². The second kappa shape index (κ2) is 8.03. The molecule has 0 aliphatic rings. The molecule has 0 saturated carbocycles. The van der Waals surface area contributed by atoms with E-state index < -0.39 is 15.9 Å². The van der Waals surface area contributed by atoms with Crippen LogP contribution < -0.4 is 10.0 Å². The van der Waals surface area contributed by atoms with Gasteiger partial charge in [-0.15, -0.1) is 0 Å². The van der Waals surface area contributed by atoms with Gasteiger partial charge in [0.2, 0.25) is 5.95 Å². The minimum Gasteiger partial charge on any atom is -0.463 e. The third-order valence-corrected chi connectivity index (χ3v) is 5.57. The van der Waals surface area contributed by atoms with Gasteiger partial charge in [-0.05, 0) is 56.3 Å². The third-order valence-electron chi connectivity index (χ3n) is 4.23. The lowest BCUT2D eigenvalue weighted by atomic mass is 10.2. The lowest BCUT2D eigenvalue weighted by molar-refractivity contribution is 0.102. The summed E-state index contributed by atoms with van der Waals surface area (Å²) >= 11 is 0. The van der Waals surface area contributed by atoms with Crippen LogP contribution in [-0.2, 0) is 10.0 Å². The molecule has 10 nitrogen and oxygen atoms in total. The molecule has 4 rings (SSSR count). The van der Waals surface area contributed by atoms with Gasteiger partial charge in [0.1, 0.15) is 5.69 Å². The molecule has 1 aromatic carbocycles. The SMILES string of the molecule is Cc1cc(C)nc(NS(=O)(=O)c2ccc(NC(=O)c3cc(-c4ccco4)[nH]n3)cc2)n1. The number of benzene rings is 1. The summed E-state index contributed by atoms with van der Waals surface area (Å²) in [6.07, 6.45) is 1.52. The molecule has 0 aliphatic heterocycles. The molecule has 3 aromatic heterocycles. The summed E-state index contributed by atoms with van der Waals surface area (Å²) in [5, 5.41) is 9.37. The van der Waals surface area contributed by atoms with Crippen molar-refractivity contribution in [3.63, 3.8) is 0 Å². The standard InChI is InChI=1S/C20H18N6O4S/c1-12-10-13(2)22-20(21-12)26-31(28,29)15-7-5-14(6-8-15)23-19(27)17-11-16(24-25-17)18-4-3-9-30-18/h3-11H,1-2H3,(H,23,27)(H,24,25)(H,21,22,26). The van der Waals surface area contributed by atoms with E-state index in [1.165, 1.54) is 30.5 Å². The first-order valence-electron chi connectivity index (χ1n) is 9.16. The van der Waals surface area contributed by atoms with Crippen LogP contribution in [-0.4, -0.2) is 34.5 Å². The quantitative estimate of drug-likeness (QED) is 0.420. The molecule has 1 amide bonds. The van der Waals surface area contributed by atoms with Crippen molar-refractivity contribution in [2.24, 2.45) is 0 Å². The second-order valence-corrected chi connectivity index (χ2v) is 8.38. The molecule has 3 N–H and O–H groups in total. The van der Waals surface area contributed by atoms with Crippen LogP contribution in [0.2, 0.25) is 0 Å². The molecule has 0 atom stereocenters. The zero-order valence-electron chi connectivity index (χ0n) is 16.6. The van der Waals surface area contributed by atoms with Gasteiger partial charge in [0.15, 0.2) is 11.5 Å². The summed E-state index contributed by atoms with van der Waals surface area (Å²) in [7, 11) is -3.88. The smallest absolute Gasteiger partial charge is 0.276 e. The molecule has 0 spiro atoms. The van der Waals surface area contributed by atoms with Crippen molar-refractivity contribution in [1.29, 1.82) is 0 Å². The maximum Gasteiger partial charge on any atom is 0.276 e. The number of rotatable bonds is 6. The number of hydrogen-bond donors (Lipinski definition) is 3. The monoisotopic (exact) mass is 438 g/mol. The van der Waals surface area contributed by atoms with Crippen molar-refractivity contribution in [3.8, 4) is 11.5 Å². The number of aryl methyl sites for hydroxylation is 2. The number of furan rings is 1. The molecule has 11 heteroatoms. The van der Waals surface area contributed by atoms with Crippen molar-refractivity contribution < 1.29 is 17.6 Å². The van der Waals surface area contributed by atoms with E-state index in [-0.39, 0.29) is 16.5 Å². The van der Waals surface area contributed by atoms with E-state index in [1.54, 1.807) is 38.1 Å². The van der Waals surface area contributed by atoms with Gasteiger partial charge in [-0.1, -0.05) is 0 Å². The molecule has 0 aliphatic carbocycles. The van der Waals surface area contributed by atoms with Crippen LogP contribution in [0.1, 0.15) is 21.9 Å². The maximum atomic E-state index is 12.6. The van der Waals surface area contributed by atoms with Crippen molar-refractivity contribution in [1.82, 2.24) is 20.2 Å². The van der Waals surface area contributed by atoms with Crippen molar-refractivity contribution in [2.75, 3.05) is 10.0 Å². The molecule has 3 heterocycles. The number of carbonyl (C=O) groups is 1. The molecule has 0 bridgehead atoms. The molecule has 158 valence electrons. The average Bonchev–Trinajstić information content (AvgIpc) is 3.39. The summed E-state index contributed by atoms with van der Waals surface area (Å²) in [6.45, 7) is 3.50. The molecular weight excluding hydrogens is 420 g/mol. The van der Waals surface area contributed by atoms with Crippen LogP contribution >= 0.6 is 0 Å². The zero-order chi connectivity index (χ0) is 22.0. The van der Waals surface area contributed by atoms with Gasteiger partial charge in [0, 0.05) is 23.1 Å². The third kappa shape index (κ3) is 4.61. The van der Waals surface area contributed by atoms with Gasteiger partial charge in [-0.3, -0.25) is 9.89 Å². The number of aromatic amines is 1. The van der Waals surface area contributed by atoms with Crippen molar-refractivity contribution in [2.45, 2.75) is 18.7 Å². The molecule has 0 fully saturated rings. The minimum absolute atomic E-state index is 0.000715. The fourth-order valence-corrected chi connectivity index (χ4v) is 3.80. The highest BCUT2D eigenvalue weighted by molar-refractivity contribution is 7.92. The zero-order valence-corrected chi connectivity index (χ0v) is 17.4. The van der Waals surface area contributed by atoms with E-state index in [2.05, 4.69) is 30.2 Å². The summed E-state index contributed by atoms with van der Waals surface area (Å²) in [5.74, 6) is 0.105. The Balaban J connectivity index is 1.45. The highest BCUT2D eigenvalue weighted by atomic mass is 32.2. The summed E-state index contributed by atoms with van der Waals surface area (Å²) in [6, 6.07) is 12.5. The van der Waals surface area contributed by atoms with Crippen LogP contribution in [0.3, 0.4) is 0 Å². The van der Waals surface area contributed by atoms with E-state index in [1.807, 2.05) is 0 Å². The summed E-state index contributed by atoms with van der Waals surface area (Å²) in [5.41, 5.74) is 2.44. The van der Waals surface area contributed by atoms with Gasteiger partial charge in [-0.2, -0.15) is 5.10 Å². The fourth-order valence-electron chi connectivity index (χ4n) is 2.86. The van der Waals surface area contributed by atoms with E-state index in [4.69, 9.17) is 4.42 Å². The Hall–Kier alpha value is -3.99. The first-order chi connectivity index (χ1) is 14.8. The number of aromatic nitrogens is 4. The van der Waals surface area contributed by atoms with Gasteiger partial charge in [-0.25, -0.2) is 23.1 Å². The predicted molar refractivity (Wildman–Crippen MR) is 113 cm³/mol. The average molecular weight is 438 g/mol. The highest BCUT2D eigenvalue weighted by Gasteiger charge is 2.17. The Labute approximate surface area is 177 Å². The number of carbonyl (C=O) groups excluding carboxylic acids is 1. The largest absolute Gasteiger partial charge is 0.463 e. The van der Waals surface area contributed by atoms with Crippen LogP contribution in [0, 0.1) is 13.8 Å². The Kier molecular flexibility index (Phi) is 5.26. The number of nitrogens with one attached hydrogen (secondary N) is 3. The van der Waals surface area contributed by atoms with Crippen LogP contribution in [0.5, 0.6) is 0 Å². The van der Waals surface area contributed by atoms with Crippen LogP contribution in [0.4, 0.5) is 11.6 Å². The maximum absolute atomic E-state index is 12.6. The van der Waals surface area contributed by atoms with Crippen LogP contribution in [0.15, 0.2) is 64.1 Å². The van der Waals surface area contributed by atoms with E-state index in [0.717, 1.165) is 0 Å². The lowest BCUT2D eigenvalue weighted by Crippen LogP contribution is -2.16. The Bertz CT molecular complexity index is 1310. The number of H-pyrrole nitrogens is 1. The number of nitrogens with zero attached hydrogens (tertiary/aromatic N) is 3. The molecule has 31 heavy (non-hydrogen) atoms. The van der Waals surface area contributed by atoms with Gasteiger partial charge < -0.3 is 9.73 Å². The second-order valence-electron chi connectivity index (χ2n) is 6.70. The molecule has 0 saturated heterocycles. The van der Waals surface area contributed by atoms with Gasteiger partial charge >= 0.3 is 0 Å². The Morgan fingerprint density at radius 1 is 1.03 bits per heavy atom. The number of sulfonamides is 1. The predicted octanol–water partition coefficient (Wildman–Crippen LogP) is 3.13. The van der Waals surface area contributed by atoms with Crippen molar-refractivity contribution in [3.05, 3.63) is 71.9 Å². The normalized spacial score (nSPS) is 11.3.